The maximum atomic E-state index is 12.4. The minimum absolute atomic E-state index is 0.230. The molecule has 18 heavy (non-hydrogen) atoms. The van der Waals surface area contributed by atoms with Crippen molar-refractivity contribution >= 4 is 5.91 Å². The molecule has 0 aliphatic carbocycles. The van der Waals surface area contributed by atoms with E-state index in [4.69, 9.17) is 5.73 Å². The average Bonchev–Trinajstić information content (AvgIpc) is 2.92. The van der Waals surface area contributed by atoms with Crippen LogP contribution in [0.1, 0.15) is 39.5 Å². The van der Waals surface area contributed by atoms with Gasteiger partial charge in [-0.15, -0.1) is 0 Å². The van der Waals surface area contributed by atoms with Gasteiger partial charge in [0, 0.05) is 25.7 Å². The summed E-state index contributed by atoms with van der Waals surface area (Å²) < 4.78 is 0. The maximum Gasteiger partial charge on any atom is 0.229 e. The lowest BCUT2D eigenvalue weighted by atomic mass is 9.90. The van der Waals surface area contributed by atoms with Gasteiger partial charge in [-0.3, -0.25) is 9.69 Å². The molecule has 2 fully saturated rings. The standard InChI is InChI=1S/C14H27N3O/c1-14(2,11-15)13(18)17-9-5-6-12(10-17)16-7-3-4-8-16/h12H,3-11,15H2,1-2H3. The highest BCUT2D eigenvalue weighted by Crippen LogP contribution is 2.24. The Balaban J connectivity index is 1.95. The molecule has 0 bridgehead atoms. The fraction of sp³-hybridized carbons (Fsp3) is 0.929. The molecule has 1 amide bonds. The van der Waals surface area contributed by atoms with Crippen molar-refractivity contribution in [2.75, 3.05) is 32.7 Å². The molecule has 0 aromatic heterocycles. The van der Waals surface area contributed by atoms with Gasteiger partial charge in [-0.05, 0) is 52.6 Å². The molecule has 2 N–H and O–H groups in total. The molecule has 1 atom stereocenters. The van der Waals surface area contributed by atoms with Crippen LogP contribution in [0.5, 0.6) is 0 Å². The van der Waals surface area contributed by atoms with Crippen LogP contribution < -0.4 is 5.73 Å². The van der Waals surface area contributed by atoms with Gasteiger partial charge in [0.25, 0.3) is 0 Å². The summed E-state index contributed by atoms with van der Waals surface area (Å²) in [5, 5.41) is 0. The van der Waals surface area contributed by atoms with Crippen molar-refractivity contribution in [3.05, 3.63) is 0 Å². The number of carbonyl (C=O) groups excluding carboxylic acids is 1. The van der Waals surface area contributed by atoms with E-state index in [2.05, 4.69) is 4.90 Å². The van der Waals surface area contributed by atoms with E-state index >= 15 is 0 Å². The second-order valence-corrected chi connectivity index (χ2v) is 6.38. The predicted octanol–water partition coefficient (Wildman–Crippen LogP) is 1.06. The van der Waals surface area contributed by atoms with Crippen molar-refractivity contribution in [1.29, 1.82) is 0 Å². The summed E-state index contributed by atoms with van der Waals surface area (Å²) in [6.45, 7) is 8.58. The van der Waals surface area contributed by atoms with E-state index in [1.807, 2.05) is 18.7 Å². The van der Waals surface area contributed by atoms with Gasteiger partial charge in [-0.1, -0.05) is 0 Å². The molecule has 0 radical (unpaired) electrons. The Morgan fingerprint density at radius 1 is 1.22 bits per heavy atom. The van der Waals surface area contributed by atoms with Gasteiger partial charge < -0.3 is 10.6 Å². The molecule has 2 rings (SSSR count). The zero-order valence-corrected chi connectivity index (χ0v) is 11.8. The summed E-state index contributed by atoms with van der Waals surface area (Å²) in [6.07, 6.45) is 5.01. The molecule has 2 aliphatic rings. The largest absolute Gasteiger partial charge is 0.341 e. The van der Waals surface area contributed by atoms with Crippen LogP contribution in [0.3, 0.4) is 0 Å². The van der Waals surface area contributed by atoms with Crippen LogP contribution in [0, 0.1) is 5.41 Å². The Kier molecular flexibility index (Phi) is 4.28. The van der Waals surface area contributed by atoms with Crippen LogP contribution >= 0.6 is 0 Å². The number of carbonyl (C=O) groups is 1. The summed E-state index contributed by atoms with van der Waals surface area (Å²) in [5.74, 6) is 0.230. The minimum Gasteiger partial charge on any atom is -0.341 e. The third-order valence-electron chi connectivity index (χ3n) is 4.43. The number of likely N-dealkylation sites (tertiary alicyclic amines) is 2. The van der Waals surface area contributed by atoms with Gasteiger partial charge >= 0.3 is 0 Å². The van der Waals surface area contributed by atoms with Crippen LogP contribution in [0.25, 0.3) is 0 Å². The Bertz CT molecular complexity index is 297. The summed E-state index contributed by atoms with van der Waals surface area (Å²) in [6, 6.07) is 0.582. The van der Waals surface area contributed by atoms with Crippen molar-refractivity contribution in [1.82, 2.24) is 9.80 Å². The SMILES string of the molecule is CC(C)(CN)C(=O)N1CCCC(N2CCCC2)C1. The van der Waals surface area contributed by atoms with E-state index in [0.29, 0.717) is 12.6 Å². The number of rotatable bonds is 3. The molecule has 2 heterocycles. The molecule has 0 aromatic carbocycles. The lowest BCUT2D eigenvalue weighted by molar-refractivity contribution is -0.142. The van der Waals surface area contributed by atoms with E-state index in [9.17, 15) is 4.79 Å². The topological polar surface area (TPSA) is 49.6 Å². The van der Waals surface area contributed by atoms with E-state index in [0.717, 1.165) is 19.5 Å². The summed E-state index contributed by atoms with van der Waals surface area (Å²) in [7, 11) is 0. The first-order chi connectivity index (χ1) is 8.54. The Morgan fingerprint density at radius 3 is 2.50 bits per heavy atom. The fourth-order valence-corrected chi connectivity index (χ4v) is 3.06. The fourth-order valence-electron chi connectivity index (χ4n) is 3.06. The molecule has 0 saturated carbocycles. The molecule has 2 aliphatic heterocycles. The van der Waals surface area contributed by atoms with Crippen LogP contribution in [0.15, 0.2) is 0 Å². The van der Waals surface area contributed by atoms with Gasteiger partial charge in [0.05, 0.1) is 5.41 Å². The monoisotopic (exact) mass is 253 g/mol. The maximum absolute atomic E-state index is 12.4. The second kappa shape index (κ2) is 5.57. The summed E-state index contributed by atoms with van der Waals surface area (Å²) >= 11 is 0. The summed E-state index contributed by atoms with van der Waals surface area (Å²) in [5.41, 5.74) is 5.30. The molecule has 1 unspecified atom stereocenters. The van der Waals surface area contributed by atoms with Crippen LogP contribution in [0.4, 0.5) is 0 Å². The zero-order chi connectivity index (χ0) is 13.2. The lowest BCUT2D eigenvalue weighted by Gasteiger charge is -2.40. The van der Waals surface area contributed by atoms with Gasteiger partial charge in [0.15, 0.2) is 0 Å². The number of amides is 1. The van der Waals surface area contributed by atoms with E-state index in [-0.39, 0.29) is 5.91 Å². The van der Waals surface area contributed by atoms with Gasteiger partial charge in [0.2, 0.25) is 5.91 Å². The zero-order valence-electron chi connectivity index (χ0n) is 11.8. The van der Waals surface area contributed by atoms with Crippen LogP contribution in [-0.4, -0.2) is 54.5 Å². The highest BCUT2D eigenvalue weighted by molar-refractivity contribution is 5.82. The molecule has 0 spiro atoms. The predicted molar refractivity (Wildman–Crippen MR) is 73.2 cm³/mol. The lowest BCUT2D eigenvalue weighted by Crippen LogP contribution is -2.53. The molecule has 4 nitrogen and oxygen atoms in total. The Hall–Kier alpha value is -0.610. The number of nitrogens with two attached hydrogens (primary N) is 1. The summed E-state index contributed by atoms with van der Waals surface area (Å²) in [4.78, 5) is 17.0. The van der Waals surface area contributed by atoms with Crippen molar-refractivity contribution < 1.29 is 4.79 Å². The number of hydrogen-bond acceptors (Lipinski definition) is 3. The third kappa shape index (κ3) is 2.86. The first-order valence-electron chi connectivity index (χ1n) is 7.28. The second-order valence-electron chi connectivity index (χ2n) is 6.38. The van der Waals surface area contributed by atoms with Crippen LogP contribution in [0.2, 0.25) is 0 Å². The van der Waals surface area contributed by atoms with Crippen molar-refractivity contribution in [3.63, 3.8) is 0 Å². The highest BCUT2D eigenvalue weighted by Gasteiger charge is 2.35. The highest BCUT2D eigenvalue weighted by atomic mass is 16.2. The van der Waals surface area contributed by atoms with Crippen molar-refractivity contribution in [2.24, 2.45) is 11.1 Å². The van der Waals surface area contributed by atoms with E-state index in [1.165, 1.54) is 32.4 Å². The molecule has 104 valence electrons. The third-order valence-corrected chi connectivity index (χ3v) is 4.43. The molecule has 2 saturated heterocycles. The van der Waals surface area contributed by atoms with Gasteiger partial charge in [-0.2, -0.15) is 0 Å². The average molecular weight is 253 g/mol. The molecular formula is C14H27N3O. The van der Waals surface area contributed by atoms with Crippen LogP contribution in [-0.2, 0) is 4.79 Å². The Labute approximate surface area is 110 Å². The molecule has 0 aromatic rings. The normalized spacial score (nSPS) is 26.6. The smallest absolute Gasteiger partial charge is 0.229 e. The number of piperidine rings is 1. The van der Waals surface area contributed by atoms with Crippen molar-refractivity contribution in [2.45, 2.75) is 45.6 Å². The first-order valence-corrected chi connectivity index (χ1v) is 7.28. The van der Waals surface area contributed by atoms with E-state index < -0.39 is 5.41 Å². The minimum atomic E-state index is -0.410. The van der Waals surface area contributed by atoms with E-state index in [1.54, 1.807) is 0 Å². The van der Waals surface area contributed by atoms with Crippen molar-refractivity contribution in [3.8, 4) is 0 Å². The number of nitrogens with zero attached hydrogens (tertiary/aromatic N) is 2. The molecule has 4 heteroatoms. The molecular weight excluding hydrogens is 226 g/mol. The van der Waals surface area contributed by atoms with Gasteiger partial charge in [0.1, 0.15) is 0 Å². The van der Waals surface area contributed by atoms with Gasteiger partial charge in [-0.25, -0.2) is 0 Å². The number of hydrogen-bond donors (Lipinski definition) is 1. The Morgan fingerprint density at radius 2 is 1.89 bits per heavy atom. The quantitative estimate of drug-likeness (QED) is 0.818. The first kappa shape index (κ1) is 13.8.